The normalized spacial score (nSPS) is 23.5. The van der Waals surface area contributed by atoms with E-state index in [2.05, 4.69) is 37.2 Å². The topological polar surface area (TPSA) is 79.0 Å². The first-order valence-electron chi connectivity index (χ1n) is 8.40. The Morgan fingerprint density at radius 2 is 2.17 bits per heavy atom. The van der Waals surface area contributed by atoms with Crippen LogP contribution in [-0.4, -0.2) is 77.9 Å². The van der Waals surface area contributed by atoms with Crippen LogP contribution in [0.15, 0.2) is 9.52 Å². The van der Waals surface area contributed by atoms with Gasteiger partial charge in [0.15, 0.2) is 11.8 Å². The van der Waals surface area contributed by atoms with Crippen molar-refractivity contribution in [2.75, 3.05) is 45.9 Å². The highest BCUT2D eigenvalue weighted by atomic mass is 16.5. The second-order valence-corrected chi connectivity index (χ2v) is 5.94. The molecule has 8 heteroatoms. The summed E-state index contributed by atoms with van der Waals surface area (Å²) in [6.45, 7) is 11.0. The maximum absolute atomic E-state index is 5.45. The molecule has 3 heterocycles. The van der Waals surface area contributed by atoms with E-state index in [0.29, 0.717) is 24.3 Å². The Morgan fingerprint density at radius 3 is 2.87 bits per heavy atom. The van der Waals surface area contributed by atoms with Gasteiger partial charge in [-0.1, -0.05) is 5.16 Å². The molecule has 2 aliphatic heterocycles. The molecule has 1 N–H and O–H groups in total. The number of hydrogen-bond donors (Lipinski definition) is 1. The molecular formula is C15H26N6O2. The summed E-state index contributed by atoms with van der Waals surface area (Å²) in [6.07, 6.45) is 1.17. The van der Waals surface area contributed by atoms with Gasteiger partial charge in [-0.25, -0.2) is 4.99 Å². The molecule has 1 unspecified atom stereocenters. The van der Waals surface area contributed by atoms with E-state index in [1.807, 2.05) is 0 Å². The molecule has 0 aromatic carbocycles. The van der Waals surface area contributed by atoms with Crippen molar-refractivity contribution in [3.63, 3.8) is 0 Å². The summed E-state index contributed by atoms with van der Waals surface area (Å²) in [6, 6.07) is 0.593. The number of likely N-dealkylation sites (tertiary alicyclic amines) is 1. The van der Waals surface area contributed by atoms with Gasteiger partial charge in [-0.2, -0.15) is 4.98 Å². The second-order valence-electron chi connectivity index (χ2n) is 5.94. The number of aryl methyl sites for hydroxylation is 1. The molecule has 1 aromatic rings. The molecule has 0 radical (unpaired) electrons. The first-order valence-corrected chi connectivity index (χ1v) is 8.40. The van der Waals surface area contributed by atoms with Gasteiger partial charge in [0.1, 0.15) is 6.54 Å². The fraction of sp³-hybridized carbons (Fsp3) is 0.800. The third-order valence-electron chi connectivity index (χ3n) is 4.30. The van der Waals surface area contributed by atoms with Crippen LogP contribution in [0.25, 0.3) is 0 Å². The predicted octanol–water partition coefficient (Wildman–Crippen LogP) is 0.250. The van der Waals surface area contributed by atoms with Gasteiger partial charge >= 0.3 is 0 Å². The van der Waals surface area contributed by atoms with Crippen LogP contribution in [0.4, 0.5) is 0 Å². The lowest BCUT2D eigenvalue weighted by Crippen LogP contribution is -2.46. The van der Waals surface area contributed by atoms with Crippen LogP contribution in [0.2, 0.25) is 0 Å². The molecule has 0 spiro atoms. The summed E-state index contributed by atoms with van der Waals surface area (Å²) in [7, 11) is 0. The number of nitrogens with one attached hydrogen (secondary N) is 1. The summed E-state index contributed by atoms with van der Waals surface area (Å²) in [4.78, 5) is 13.7. The monoisotopic (exact) mass is 322 g/mol. The minimum Gasteiger partial charge on any atom is -0.379 e. The van der Waals surface area contributed by atoms with Crippen molar-refractivity contribution in [2.24, 2.45) is 4.99 Å². The molecule has 3 rings (SSSR count). The Kier molecular flexibility index (Phi) is 5.45. The van der Waals surface area contributed by atoms with Gasteiger partial charge in [-0.05, 0) is 13.3 Å². The molecular weight excluding hydrogens is 296 g/mol. The average molecular weight is 322 g/mol. The maximum Gasteiger partial charge on any atom is 0.223 e. The molecule has 2 fully saturated rings. The van der Waals surface area contributed by atoms with Gasteiger partial charge in [0.25, 0.3) is 0 Å². The van der Waals surface area contributed by atoms with Gasteiger partial charge in [0, 0.05) is 45.7 Å². The van der Waals surface area contributed by atoms with E-state index >= 15 is 0 Å². The smallest absolute Gasteiger partial charge is 0.223 e. The Hall–Kier alpha value is -1.67. The Bertz CT molecular complexity index is 526. The van der Waals surface area contributed by atoms with E-state index in [1.165, 1.54) is 6.42 Å². The zero-order valence-electron chi connectivity index (χ0n) is 14.0. The van der Waals surface area contributed by atoms with Gasteiger partial charge in [0.2, 0.25) is 5.89 Å². The molecule has 0 aliphatic carbocycles. The number of nitrogens with zero attached hydrogens (tertiary/aromatic N) is 5. The zero-order valence-corrected chi connectivity index (χ0v) is 14.0. The Labute approximate surface area is 136 Å². The third-order valence-corrected chi connectivity index (χ3v) is 4.30. The first kappa shape index (κ1) is 16.2. The molecule has 2 aliphatic rings. The quantitative estimate of drug-likeness (QED) is 0.629. The molecule has 0 bridgehead atoms. The van der Waals surface area contributed by atoms with Crippen LogP contribution < -0.4 is 5.32 Å². The van der Waals surface area contributed by atoms with Crippen LogP contribution in [0, 0.1) is 6.92 Å². The van der Waals surface area contributed by atoms with Crippen LogP contribution >= 0.6 is 0 Å². The lowest BCUT2D eigenvalue weighted by atomic mass is 10.2. The fourth-order valence-corrected chi connectivity index (χ4v) is 3.15. The molecule has 1 aromatic heterocycles. The Morgan fingerprint density at radius 1 is 1.35 bits per heavy atom. The van der Waals surface area contributed by atoms with E-state index in [1.54, 1.807) is 6.92 Å². The van der Waals surface area contributed by atoms with Crippen molar-refractivity contribution in [1.82, 2.24) is 25.3 Å². The lowest BCUT2D eigenvalue weighted by Gasteiger charge is -2.32. The average Bonchev–Trinajstić information content (AvgIpc) is 3.21. The molecule has 23 heavy (non-hydrogen) atoms. The number of aromatic nitrogens is 2. The van der Waals surface area contributed by atoms with E-state index < -0.39 is 0 Å². The fourth-order valence-electron chi connectivity index (χ4n) is 3.15. The number of rotatable bonds is 4. The van der Waals surface area contributed by atoms with E-state index in [4.69, 9.17) is 9.26 Å². The van der Waals surface area contributed by atoms with Gasteiger partial charge in [-0.3, -0.25) is 4.90 Å². The lowest BCUT2D eigenvalue weighted by molar-refractivity contribution is 0.0195. The number of aliphatic imine (C=N–C) groups is 1. The summed E-state index contributed by atoms with van der Waals surface area (Å²) in [5, 5.41) is 7.27. The van der Waals surface area contributed by atoms with Crippen LogP contribution in [0.3, 0.4) is 0 Å². The van der Waals surface area contributed by atoms with Crippen molar-refractivity contribution in [3.05, 3.63) is 11.7 Å². The van der Waals surface area contributed by atoms with Crippen molar-refractivity contribution >= 4 is 5.96 Å². The third kappa shape index (κ3) is 4.20. The van der Waals surface area contributed by atoms with Crippen LogP contribution in [0.1, 0.15) is 25.1 Å². The van der Waals surface area contributed by atoms with E-state index in [0.717, 1.165) is 51.9 Å². The van der Waals surface area contributed by atoms with Crippen LogP contribution in [-0.2, 0) is 11.3 Å². The minimum atomic E-state index is 0.443. The van der Waals surface area contributed by atoms with Gasteiger partial charge < -0.3 is 19.5 Å². The first-order chi connectivity index (χ1) is 11.3. The number of ether oxygens (including phenoxy) is 1. The summed E-state index contributed by atoms with van der Waals surface area (Å²) in [5.74, 6) is 2.14. The second kappa shape index (κ2) is 7.74. The van der Waals surface area contributed by atoms with Crippen molar-refractivity contribution in [2.45, 2.75) is 32.9 Å². The van der Waals surface area contributed by atoms with Crippen molar-refractivity contribution in [3.8, 4) is 0 Å². The van der Waals surface area contributed by atoms with E-state index in [9.17, 15) is 0 Å². The molecule has 8 nitrogen and oxygen atoms in total. The molecule has 0 saturated carbocycles. The van der Waals surface area contributed by atoms with Crippen molar-refractivity contribution in [1.29, 1.82) is 0 Å². The minimum absolute atomic E-state index is 0.443. The predicted molar refractivity (Wildman–Crippen MR) is 86.2 cm³/mol. The molecule has 1 atom stereocenters. The summed E-state index contributed by atoms with van der Waals surface area (Å²) < 4.78 is 10.4. The zero-order chi connectivity index (χ0) is 16.1. The van der Waals surface area contributed by atoms with E-state index in [-0.39, 0.29) is 0 Å². The van der Waals surface area contributed by atoms with Gasteiger partial charge in [-0.15, -0.1) is 0 Å². The highest BCUT2D eigenvalue weighted by Crippen LogP contribution is 2.17. The molecule has 128 valence electrons. The number of hydrogen-bond acceptors (Lipinski definition) is 6. The molecule has 2 saturated heterocycles. The summed E-state index contributed by atoms with van der Waals surface area (Å²) >= 11 is 0. The van der Waals surface area contributed by atoms with Gasteiger partial charge in [0.05, 0.1) is 13.2 Å². The molecule has 0 amide bonds. The Balaban J connectivity index is 1.59. The number of guanidine groups is 1. The maximum atomic E-state index is 5.45. The SMILES string of the molecule is CCNC(=NCc1noc(C)n1)N1CCC(N2CCOCC2)C1. The van der Waals surface area contributed by atoms with Crippen molar-refractivity contribution < 1.29 is 9.26 Å². The standard InChI is InChI=1S/C15H26N6O2/c1-3-16-15(17-10-14-18-12(2)23-19-14)21-5-4-13(11-21)20-6-8-22-9-7-20/h13H,3-11H2,1-2H3,(H,16,17). The number of morpholine rings is 1. The largest absolute Gasteiger partial charge is 0.379 e. The van der Waals surface area contributed by atoms with Crippen LogP contribution in [0.5, 0.6) is 0 Å². The highest BCUT2D eigenvalue weighted by molar-refractivity contribution is 5.80. The summed E-state index contributed by atoms with van der Waals surface area (Å²) in [5.41, 5.74) is 0. The highest BCUT2D eigenvalue weighted by Gasteiger charge is 2.30.